The fourth-order valence-electron chi connectivity index (χ4n) is 2.61. The number of hydrogen-bond acceptors (Lipinski definition) is 4. The number of hydrazine groups is 1. The smallest absolute Gasteiger partial charge is 0.0911 e. The average molecular weight is 286 g/mol. The van der Waals surface area contributed by atoms with Crippen LogP contribution in [0.15, 0.2) is 0 Å². The van der Waals surface area contributed by atoms with Crippen molar-refractivity contribution in [2.45, 2.75) is 64.9 Å². The molecule has 0 saturated carbocycles. The molecule has 4 nitrogen and oxygen atoms in total. The van der Waals surface area contributed by atoms with E-state index in [-0.39, 0.29) is 0 Å². The lowest BCUT2D eigenvalue weighted by atomic mass is 10.0. The Morgan fingerprint density at radius 3 is 2.55 bits per heavy atom. The first-order valence-corrected chi connectivity index (χ1v) is 8.50. The first-order chi connectivity index (χ1) is 9.76. The Morgan fingerprint density at radius 2 is 1.90 bits per heavy atom. The molecule has 1 aliphatic rings. The van der Waals surface area contributed by atoms with Crippen LogP contribution in [0.2, 0.25) is 0 Å². The van der Waals surface area contributed by atoms with Crippen molar-refractivity contribution in [3.05, 3.63) is 0 Å². The first kappa shape index (κ1) is 17.9. The number of nitrogens with one attached hydrogen (secondary N) is 1. The minimum atomic E-state index is -0.402. The third-order valence-corrected chi connectivity index (χ3v) is 4.11. The van der Waals surface area contributed by atoms with Crippen LogP contribution in [0.4, 0.5) is 0 Å². The lowest BCUT2D eigenvalue weighted by molar-refractivity contribution is 0.00752. The number of aliphatic hydroxyl groups is 1. The Balaban J connectivity index is 2.02. The van der Waals surface area contributed by atoms with Crippen LogP contribution < -0.4 is 5.43 Å². The zero-order chi connectivity index (χ0) is 14.6. The highest BCUT2D eigenvalue weighted by Gasteiger charge is 2.12. The molecule has 1 heterocycles. The molecule has 0 amide bonds. The zero-order valence-electron chi connectivity index (χ0n) is 13.4. The van der Waals surface area contributed by atoms with Gasteiger partial charge in [-0.25, -0.2) is 5.01 Å². The highest BCUT2D eigenvalue weighted by Crippen LogP contribution is 2.12. The van der Waals surface area contributed by atoms with Gasteiger partial charge in [-0.15, -0.1) is 0 Å². The Morgan fingerprint density at radius 1 is 1.15 bits per heavy atom. The van der Waals surface area contributed by atoms with Crippen molar-refractivity contribution in [3.63, 3.8) is 0 Å². The van der Waals surface area contributed by atoms with Gasteiger partial charge in [-0.05, 0) is 25.2 Å². The number of piperidine rings is 1. The fraction of sp³-hybridized carbons (Fsp3) is 1.00. The van der Waals surface area contributed by atoms with E-state index < -0.39 is 6.10 Å². The zero-order valence-corrected chi connectivity index (χ0v) is 13.4. The molecule has 2 atom stereocenters. The molecule has 1 aliphatic heterocycles. The monoisotopic (exact) mass is 286 g/mol. The summed E-state index contributed by atoms with van der Waals surface area (Å²) in [4.78, 5) is 0. The predicted octanol–water partition coefficient (Wildman–Crippen LogP) is 2.57. The van der Waals surface area contributed by atoms with E-state index in [1.54, 1.807) is 0 Å². The second-order valence-electron chi connectivity index (χ2n) is 6.02. The van der Waals surface area contributed by atoms with Gasteiger partial charge in [0, 0.05) is 26.2 Å². The maximum Gasteiger partial charge on any atom is 0.0911 e. The van der Waals surface area contributed by atoms with E-state index in [4.69, 9.17) is 4.74 Å². The van der Waals surface area contributed by atoms with E-state index in [1.807, 2.05) is 0 Å². The third-order valence-electron chi connectivity index (χ3n) is 4.11. The van der Waals surface area contributed by atoms with Crippen molar-refractivity contribution in [2.75, 3.05) is 32.8 Å². The van der Waals surface area contributed by atoms with Crippen LogP contribution in [0, 0.1) is 5.92 Å². The van der Waals surface area contributed by atoms with E-state index in [1.165, 1.54) is 44.9 Å². The average Bonchev–Trinajstić information content (AvgIpc) is 2.49. The van der Waals surface area contributed by atoms with Crippen LogP contribution in [-0.4, -0.2) is 49.1 Å². The van der Waals surface area contributed by atoms with Gasteiger partial charge in [0.25, 0.3) is 0 Å². The summed E-state index contributed by atoms with van der Waals surface area (Å²) in [6, 6.07) is 0. The molecule has 1 rings (SSSR count). The SMILES string of the molecule is CCCCC(CC)COCC(O)CNN1CCCCC1. The van der Waals surface area contributed by atoms with Crippen LogP contribution in [0.5, 0.6) is 0 Å². The Labute approximate surface area is 124 Å². The molecular weight excluding hydrogens is 252 g/mol. The van der Waals surface area contributed by atoms with Crippen molar-refractivity contribution in [1.29, 1.82) is 0 Å². The summed E-state index contributed by atoms with van der Waals surface area (Å²) < 4.78 is 5.68. The maximum absolute atomic E-state index is 9.93. The van der Waals surface area contributed by atoms with E-state index >= 15 is 0 Å². The van der Waals surface area contributed by atoms with Gasteiger partial charge < -0.3 is 9.84 Å². The van der Waals surface area contributed by atoms with E-state index in [0.717, 1.165) is 19.7 Å². The second-order valence-corrected chi connectivity index (χ2v) is 6.02. The molecular formula is C16H34N2O2. The number of nitrogens with zero attached hydrogens (tertiary/aromatic N) is 1. The summed E-state index contributed by atoms with van der Waals surface area (Å²) in [6.07, 6.45) is 8.39. The number of unbranched alkanes of at least 4 members (excludes halogenated alkanes) is 1. The minimum Gasteiger partial charge on any atom is -0.389 e. The first-order valence-electron chi connectivity index (χ1n) is 8.50. The van der Waals surface area contributed by atoms with Gasteiger partial charge in [0.15, 0.2) is 0 Å². The Hall–Kier alpha value is -0.160. The molecule has 0 bridgehead atoms. The molecule has 1 fully saturated rings. The summed E-state index contributed by atoms with van der Waals surface area (Å²) in [5, 5.41) is 12.2. The largest absolute Gasteiger partial charge is 0.389 e. The van der Waals surface area contributed by atoms with Gasteiger partial charge >= 0.3 is 0 Å². The molecule has 0 radical (unpaired) electrons. The molecule has 1 saturated heterocycles. The van der Waals surface area contributed by atoms with Gasteiger partial charge in [0.05, 0.1) is 12.7 Å². The molecule has 120 valence electrons. The number of hydrogen-bond donors (Lipinski definition) is 2. The van der Waals surface area contributed by atoms with Gasteiger partial charge in [0.2, 0.25) is 0 Å². The van der Waals surface area contributed by atoms with E-state index in [2.05, 4.69) is 24.3 Å². The van der Waals surface area contributed by atoms with Crippen molar-refractivity contribution < 1.29 is 9.84 Å². The van der Waals surface area contributed by atoms with Crippen LogP contribution in [0.3, 0.4) is 0 Å². The molecule has 0 aromatic rings. The summed E-state index contributed by atoms with van der Waals surface area (Å²) >= 11 is 0. The molecule has 0 aromatic carbocycles. The summed E-state index contributed by atoms with van der Waals surface area (Å²) in [6.45, 7) is 8.49. The highest BCUT2D eigenvalue weighted by atomic mass is 16.5. The van der Waals surface area contributed by atoms with Crippen LogP contribution in [0.1, 0.15) is 58.8 Å². The van der Waals surface area contributed by atoms with E-state index in [9.17, 15) is 5.11 Å². The number of aliphatic hydroxyl groups excluding tert-OH is 1. The van der Waals surface area contributed by atoms with E-state index in [0.29, 0.717) is 19.1 Å². The van der Waals surface area contributed by atoms with Crippen LogP contribution >= 0.6 is 0 Å². The quantitative estimate of drug-likeness (QED) is 0.613. The number of rotatable bonds is 11. The number of ether oxygens (including phenoxy) is 1. The Bertz CT molecular complexity index is 221. The topological polar surface area (TPSA) is 44.7 Å². The lowest BCUT2D eigenvalue weighted by Crippen LogP contribution is -2.45. The van der Waals surface area contributed by atoms with Crippen LogP contribution in [0.25, 0.3) is 0 Å². The standard InChI is InChI=1S/C16H34N2O2/c1-3-5-9-15(4-2)13-20-14-16(19)12-17-18-10-7-6-8-11-18/h15-17,19H,3-14H2,1-2H3. The summed E-state index contributed by atoms with van der Waals surface area (Å²) in [5.41, 5.74) is 3.31. The summed E-state index contributed by atoms with van der Waals surface area (Å²) in [7, 11) is 0. The van der Waals surface area contributed by atoms with Crippen molar-refractivity contribution in [3.8, 4) is 0 Å². The van der Waals surface area contributed by atoms with Crippen LogP contribution in [-0.2, 0) is 4.74 Å². The summed E-state index contributed by atoms with van der Waals surface area (Å²) in [5.74, 6) is 0.650. The normalized spacial score (nSPS) is 19.9. The molecule has 20 heavy (non-hydrogen) atoms. The molecule has 2 unspecified atom stereocenters. The van der Waals surface area contributed by atoms with Gasteiger partial charge in [-0.2, -0.15) is 0 Å². The van der Waals surface area contributed by atoms with Crippen molar-refractivity contribution >= 4 is 0 Å². The molecule has 0 aromatic heterocycles. The predicted molar refractivity (Wildman–Crippen MR) is 83.6 cm³/mol. The molecule has 4 heteroatoms. The van der Waals surface area contributed by atoms with Crippen molar-refractivity contribution in [2.24, 2.45) is 5.92 Å². The highest BCUT2D eigenvalue weighted by molar-refractivity contribution is 4.64. The fourth-order valence-corrected chi connectivity index (χ4v) is 2.61. The van der Waals surface area contributed by atoms with Gasteiger partial charge in [-0.1, -0.05) is 39.5 Å². The molecule has 0 spiro atoms. The van der Waals surface area contributed by atoms with Crippen molar-refractivity contribution in [1.82, 2.24) is 10.4 Å². The van der Waals surface area contributed by atoms with Gasteiger partial charge in [0.1, 0.15) is 0 Å². The minimum absolute atomic E-state index is 0.402. The molecule has 0 aliphatic carbocycles. The van der Waals surface area contributed by atoms with Gasteiger partial charge in [-0.3, -0.25) is 5.43 Å². The third kappa shape index (κ3) is 8.20. The second kappa shape index (κ2) is 11.5. The maximum atomic E-state index is 9.93. The Kier molecular flexibility index (Phi) is 10.3. The molecule has 2 N–H and O–H groups in total. The lowest BCUT2D eigenvalue weighted by Gasteiger charge is -2.28.